The van der Waals surface area contributed by atoms with Crippen molar-refractivity contribution in [3.63, 3.8) is 0 Å². The highest BCUT2D eigenvalue weighted by molar-refractivity contribution is 7.88. The van der Waals surface area contributed by atoms with Crippen molar-refractivity contribution in [1.82, 2.24) is 13.9 Å². The molecule has 1 spiro atoms. The van der Waals surface area contributed by atoms with Crippen LogP contribution in [0.1, 0.15) is 22.7 Å². The minimum Gasteiger partial charge on any atom is -0.364 e. The monoisotopic (exact) mass is 328 g/mol. The van der Waals surface area contributed by atoms with Gasteiger partial charge in [-0.05, 0) is 6.42 Å². The van der Waals surface area contributed by atoms with Gasteiger partial charge in [0, 0.05) is 12.6 Å². The van der Waals surface area contributed by atoms with Gasteiger partial charge < -0.3 is 10.5 Å². The van der Waals surface area contributed by atoms with Crippen LogP contribution in [0.3, 0.4) is 0 Å². The highest BCUT2D eigenvalue weighted by atomic mass is 32.2. The van der Waals surface area contributed by atoms with Gasteiger partial charge in [0.15, 0.2) is 0 Å². The molecule has 1 fully saturated rings. The summed E-state index contributed by atoms with van der Waals surface area (Å²) in [4.78, 5) is 27.6. The van der Waals surface area contributed by atoms with Crippen LogP contribution in [0.5, 0.6) is 0 Å². The first-order valence-corrected chi connectivity index (χ1v) is 8.59. The standard InChI is InChI=1S/C12H16N4O5S/c1-22(19,20)15-3-2-12(7-15)11-14-8(10(13)18)6-9(17)16(11)4-5-21-12/h6H,2-5,7H2,1H3,(H2,13,18). The SMILES string of the molecule is CS(=O)(=O)N1CCC2(C1)OCCn1c2nc(C(N)=O)cc1=O. The molecule has 1 amide bonds. The van der Waals surface area contributed by atoms with Crippen LogP contribution >= 0.6 is 0 Å². The van der Waals surface area contributed by atoms with E-state index in [-0.39, 0.29) is 36.8 Å². The molecule has 120 valence electrons. The van der Waals surface area contributed by atoms with Gasteiger partial charge in [-0.25, -0.2) is 13.4 Å². The van der Waals surface area contributed by atoms with Gasteiger partial charge in [0.05, 0.1) is 26.0 Å². The van der Waals surface area contributed by atoms with Crippen LogP contribution in [0.15, 0.2) is 10.9 Å². The van der Waals surface area contributed by atoms with Crippen molar-refractivity contribution >= 4 is 15.9 Å². The first-order chi connectivity index (χ1) is 10.2. The fourth-order valence-corrected chi connectivity index (χ4v) is 3.79. The second kappa shape index (κ2) is 4.86. The van der Waals surface area contributed by atoms with E-state index >= 15 is 0 Å². The number of carbonyl (C=O) groups is 1. The molecule has 2 N–H and O–H groups in total. The fraction of sp³-hybridized carbons (Fsp3) is 0.583. The Labute approximate surface area is 126 Å². The number of nitrogens with two attached hydrogens (primary N) is 1. The van der Waals surface area contributed by atoms with Gasteiger partial charge in [-0.3, -0.25) is 14.2 Å². The maximum Gasteiger partial charge on any atom is 0.267 e. The van der Waals surface area contributed by atoms with Gasteiger partial charge in [0.1, 0.15) is 17.1 Å². The molecule has 0 bridgehead atoms. The van der Waals surface area contributed by atoms with Crippen LogP contribution in [0.4, 0.5) is 0 Å². The van der Waals surface area contributed by atoms with Gasteiger partial charge >= 0.3 is 0 Å². The van der Waals surface area contributed by atoms with Crippen molar-refractivity contribution in [3.8, 4) is 0 Å². The predicted octanol–water partition coefficient (Wildman–Crippen LogP) is -1.77. The zero-order valence-electron chi connectivity index (χ0n) is 12.0. The Hall–Kier alpha value is -1.78. The van der Waals surface area contributed by atoms with Crippen molar-refractivity contribution in [3.05, 3.63) is 27.9 Å². The highest BCUT2D eigenvalue weighted by Gasteiger charge is 2.48. The van der Waals surface area contributed by atoms with E-state index in [1.807, 2.05) is 0 Å². The summed E-state index contributed by atoms with van der Waals surface area (Å²) in [7, 11) is -3.37. The number of ether oxygens (including phenoxy) is 1. The molecule has 1 aromatic heterocycles. The van der Waals surface area contributed by atoms with Crippen LogP contribution < -0.4 is 11.3 Å². The lowest BCUT2D eigenvalue weighted by molar-refractivity contribution is -0.0720. The lowest BCUT2D eigenvalue weighted by atomic mass is 10.00. The van der Waals surface area contributed by atoms with E-state index in [2.05, 4.69) is 4.98 Å². The van der Waals surface area contributed by atoms with E-state index in [0.717, 1.165) is 12.3 Å². The molecular formula is C12H16N4O5S. The molecule has 0 radical (unpaired) electrons. The summed E-state index contributed by atoms with van der Waals surface area (Å²) < 4.78 is 31.9. The van der Waals surface area contributed by atoms with Crippen LogP contribution in [0.25, 0.3) is 0 Å². The third-order valence-electron chi connectivity index (χ3n) is 4.03. The Balaban J connectivity index is 2.12. The second-order valence-corrected chi connectivity index (χ2v) is 7.49. The van der Waals surface area contributed by atoms with Gasteiger partial charge in [-0.2, -0.15) is 4.31 Å². The largest absolute Gasteiger partial charge is 0.364 e. The molecule has 0 saturated carbocycles. The van der Waals surface area contributed by atoms with Crippen molar-refractivity contribution in [1.29, 1.82) is 0 Å². The minimum absolute atomic E-state index is 0.0699. The average molecular weight is 328 g/mol. The Bertz CT molecular complexity index is 802. The van der Waals surface area contributed by atoms with E-state index in [0.29, 0.717) is 13.0 Å². The quantitative estimate of drug-likeness (QED) is 0.685. The van der Waals surface area contributed by atoms with Gasteiger partial charge in [-0.1, -0.05) is 0 Å². The topological polar surface area (TPSA) is 125 Å². The van der Waals surface area contributed by atoms with E-state index < -0.39 is 21.5 Å². The zero-order valence-corrected chi connectivity index (χ0v) is 12.8. The molecule has 2 aliphatic heterocycles. The lowest BCUT2D eigenvalue weighted by Crippen LogP contribution is -2.47. The number of sulfonamides is 1. The number of hydrogen-bond acceptors (Lipinski definition) is 6. The van der Waals surface area contributed by atoms with E-state index in [9.17, 15) is 18.0 Å². The lowest BCUT2D eigenvalue weighted by Gasteiger charge is -2.35. The Kier molecular flexibility index (Phi) is 3.34. The summed E-state index contributed by atoms with van der Waals surface area (Å²) in [6.45, 7) is 0.929. The molecule has 0 aliphatic carbocycles. The minimum atomic E-state index is -3.37. The van der Waals surface area contributed by atoms with Crippen molar-refractivity contribution in [2.45, 2.75) is 18.6 Å². The summed E-state index contributed by atoms with van der Waals surface area (Å²) in [6.07, 6.45) is 1.49. The van der Waals surface area contributed by atoms with Crippen molar-refractivity contribution < 1.29 is 17.9 Å². The zero-order chi connectivity index (χ0) is 16.1. The molecule has 1 aromatic rings. The number of aromatic nitrogens is 2. The first kappa shape index (κ1) is 15.1. The van der Waals surface area contributed by atoms with Crippen LogP contribution in [-0.4, -0.2) is 54.1 Å². The number of hydrogen-bond donors (Lipinski definition) is 1. The van der Waals surface area contributed by atoms with Crippen LogP contribution in [-0.2, 0) is 26.9 Å². The maximum atomic E-state index is 12.1. The summed E-state index contributed by atoms with van der Waals surface area (Å²) in [6, 6.07) is 1.09. The predicted molar refractivity (Wildman–Crippen MR) is 75.7 cm³/mol. The number of nitrogens with zero attached hydrogens (tertiary/aromatic N) is 3. The Morgan fingerprint density at radius 1 is 1.45 bits per heavy atom. The smallest absolute Gasteiger partial charge is 0.267 e. The van der Waals surface area contributed by atoms with Crippen LogP contribution in [0.2, 0.25) is 0 Å². The fourth-order valence-electron chi connectivity index (χ4n) is 2.92. The van der Waals surface area contributed by atoms with Crippen LogP contribution in [0, 0.1) is 0 Å². The molecule has 1 atom stereocenters. The van der Waals surface area contributed by atoms with Gasteiger partial charge in [-0.15, -0.1) is 0 Å². The van der Waals surface area contributed by atoms with Gasteiger partial charge in [0.25, 0.3) is 11.5 Å². The number of primary amides is 1. The molecule has 10 heteroatoms. The number of amides is 1. The molecule has 22 heavy (non-hydrogen) atoms. The average Bonchev–Trinajstić information content (AvgIpc) is 2.85. The summed E-state index contributed by atoms with van der Waals surface area (Å²) >= 11 is 0. The second-order valence-electron chi connectivity index (χ2n) is 5.51. The van der Waals surface area contributed by atoms with E-state index in [1.165, 1.54) is 8.87 Å². The molecule has 1 unspecified atom stereocenters. The maximum absolute atomic E-state index is 12.1. The molecule has 9 nitrogen and oxygen atoms in total. The molecular weight excluding hydrogens is 312 g/mol. The Morgan fingerprint density at radius 2 is 2.18 bits per heavy atom. The molecule has 1 saturated heterocycles. The Morgan fingerprint density at radius 3 is 2.77 bits per heavy atom. The third-order valence-corrected chi connectivity index (χ3v) is 5.28. The highest BCUT2D eigenvalue weighted by Crippen LogP contribution is 2.37. The number of rotatable bonds is 2. The number of carbonyl (C=O) groups excluding carboxylic acids is 1. The summed E-state index contributed by atoms with van der Waals surface area (Å²) in [5.41, 5.74) is 3.67. The number of fused-ring (bicyclic) bond motifs is 2. The van der Waals surface area contributed by atoms with Crippen molar-refractivity contribution in [2.24, 2.45) is 5.73 Å². The van der Waals surface area contributed by atoms with Gasteiger partial charge in [0.2, 0.25) is 10.0 Å². The van der Waals surface area contributed by atoms with Crippen molar-refractivity contribution in [2.75, 3.05) is 26.0 Å². The van der Waals surface area contributed by atoms with E-state index in [1.54, 1.807) is 0 Å². The first-order valence-electron chi connectivity index (χ1n) is 6.74. The molecule has 3 heterocycles. The van der Waals surface area contributed by atoms with E-state index in [4.69, 9.17) is 10.5 Å². The third kappa shape index (κ3) is 2.32. The molecule has 3 rings (SSSR count). The normalized spacial score (nSPS) is 25.3. The molecule has 0 aromatic carbocycles. The summed E-state index contributed by atoms with van der Waals surface area (Å²) in [5.74, 6) is -0.537. The molecule has 2 aliphatic rings. The summed E-state index contributed by atoms with van der Waals surface area (Å²) in [5, 5.41) is 0.